The number of carboxylic acid groups (broad SMARTS) is 1. The Balaban J connectivity index is 1.13. The number of ether oxygens (including phenoxy) is 2. The number of imide groups is 1. The van der Waals surface area contributed by atoms with E-state index in [0.29, 0.717) is 33.9 Å². The average molecular weight is 657 g/mol. The van der Waals surface area contributed by atoms with E-state index in [0.717, 1.165) is 21.4 Å². The number of carbonyl (C=O) groups excluding carboxylic acids is 2. The summed E-state index contributed by atoms with van der Waals surface area (Å²) in [5.74, 6) is -0.379. The van der Waals surface area contributed by atoms with Crippen LogP contribution in [-0.2, 0) is 11.3 Å². The zero-order valence-corrected chi connectivity index (χ0v) is 25.9. The van der Waals surface area contributed by atoms with Gasteiger partial charge in [-0.3, -0.25) is 14.9 Å². The molecule has 4 heterocycles. The lowest BCUT2D eigenvalue weighted by Crippen LogP contribution is -2.39. The van der Waals surface area contributed by atoms with Gasteiger partial charge < -0.3 is 24.8 Å². The molecule has 2 N–H and O–H groups in total. The number of halogens is 1. The minimum Gasteiger partial charge on any atom is -0.465 e. The standard InChI is InChI=1S/C33H29FN6O6S/c1-45-16-15-38(33(43)44)20-21-7-9-25(36-19-21)29-18-26-30(47-29)28(11-12-35-26)46-27-10-8-22(17-24(27)34)37-31(41)40-14-13-39(32(40)42)23-5-3-2-4-6-23/h2-12,17-19H,13-16,20H2,1H3,(H,37,41)(H,43,44). The zero-order chi connectivity index (χ0) is 32.9. The fraction of sp³-hybridized carbons (Fsp3) is 0.182. The molecule has 6 rings (SSSR count). The largest absolute Gasteiger partial charge is 0.465 e. The van der Waals surface area contributed by atoms with Gasteiger partial charge in [-0.2, -0.15) is 0 Å². The molecule has 0 saturated carbocycles. The van der Waals surface area contributed by atoms with Crippen molar-refractivity contribution >= 4 is 51.1 Å². The lowest BCUT2D eigenvalue weighted by Gasteiger charge is -2.18. The van der Waals surface area contributed by atoms with Gasteiger partial charge in [0.05, 0.1) is 40.5 Å². The Kier molecular flexibility index (Phi) is 9.22. The highest BCUT2D eigenvalue weighted by Crippen LogP contribution is 2.39. The minimum atomic E-state index is -1.04. The van der Waals surface area contributed by atoms with Crippen molar-refractivity contribution in [1.29, 1.82) is 0 Å². The number of pyridine rings is 2. The van der Waals surface area contributed by atoms with Crippen molar-refractivity contribution in [2.24, 2.45) is 0 Å². The molecule has 0 radical (unpaired) electrons. The third-order valence-electron chi connectivity index (χ3n) is 7.39. The smallest absolute Gasteiger partial charge is 0.407 e. The van der Waals surface area contributed by atoms with Crippen molar-refractivity contribution in [2.45, 2.75) is 6.54 Å². The average Bonchev–Trinajstić information content (AvgIpc) is 3.69. The lowest BCUT2D eigenvalue weighted by molar-refractivity contribution is 0.115. The van der Waals surface area contributed by atoms with Crippen molar-refractivity contribution in [3.8, 4) is 22.1 Å². The lowest BCUT2D eigenvalue weighted by atomic mass is 10.2. The highest BCUT2D eigenvalue weighted by molar-refractivity contribution is 7.22. The van der Waals surface area contributed by atoms with Crippen LogP contribution < -0.4 is 15.0 Å². The molecular weight excluding hydrogens is 627 g/mol. The predicted molar refractivity (Wildman–Crippen MR) is 175 cm³/mol. The van der Waals surface area contributed by atoms with Crippen LogP contribution in [0.4, 0.5) is 30.1 Å². The quantitative estimate of drug-likeness (QED) is 0.166. The molecule has 0 atom stereocenters. The Morgan fingerprint density at radius 1 is 1.04 bits per heavy atom. The topological polar surface area (TPSA) is 137 Å². The number of hydrogen-bond acceptors (Lipinski definition) is 8. The number of anilines is 2. The summed E-state index contributed by atoms with van der Waals surface area (Å²) in [6, 6.07) is 19.1. The molecule has 5 amide bonds. The van der Waals surface area contributed by atoms with Gasteiger partial charge >= 0.3 is 18.2 Å². The molecule has 0 aliphatic carbocycles. The second kappa shape index (κ2) is 13.8. The van der Waals surface area contributed by atoms with Crippen LogP contribution in [0.25, 0.3) is 20.8 Å². The van der Waals surface area contributed by atoms with E-state index < -0.39 is 24.0 Å². The van der Waals surface area contributed by atoms with E-state index in [1.165, 1.54) is 40.4 Å². The molecule has 1 fully saturated rings. The first-order chi connectivity index (χ1) is 22.8. The molecular formula is C33H29FN6O6S. The Morgan fingerprint density at radius 3 is 2.60 bits per heavy atom. The van der Waals surface area contributed by atoms with Crippen LogP contribution in [0.15, 0.2) is 85.2 Å². The number of fused-ring (bicyclic) bond motifs is 1. The number of hydrogen-bond donors (Lipinski definition) is 2. The van der Waals surface area contributed by atoms with Gasteiger partial charge in [0.15, 0.2) is 11.6 Å². The van der Waals surface area contributed by atoms with Crippen LogP contribution in [0.3, 0.4) is 0 Å². The Labute approximate surface area is 272 Å². The number of amides is 5. The summed E-state index contributed by atoms with van der Waals surface area (Å²) in [6.45, 7) is 1.25. The van der Waals surface area contributed by atoms with Gasteiger partial charge in [0.2, 0.25) is 0 Å². The molecule has 12 nitrogen and oxygen atoms in total. The van der Waals surface area contributed by atoms with E-state index in [1.807, 2.05) is 30.3 Å². The second-order valence-corrected chi connectivity index (χ2v) is 11.5. The number of para-hydroxylation sites is 1. The SMILES string of the molecule is COCCN(Cc1ccc(-c2cc3nccc(Oc4ccc(NC(=O)N5CCN(c6ccccc6)C5=O)cc4F)c3s2)nc1)C(=O)O. The summed E-state index contributed by atoms with van der Waals surface area (Å²) < 4.78 is 26.8. The Hall–Kier alpha value is -5.60. The predicted octanol–water partition coefficient (Wildman–Crippen LogP) is 6.89. The summed E-state index contributed by atoms with van der Waals surface area (Å²) in [4.78, 5) is 50.8. The number of nitrogens with zero attached hydrogens (tertiary/aromatic N) is 5. The summed E-state index contributed by atoms with van der Waals surface area (Å²) in [6.07, 6.45) is 2.14. The van der Waals surface area contributed by atoms with Crippen molar-refractivity contribution in [3.63, 3.8) is 0 Å². The van der Waals surface area contributed by atoms with Gasteiger partial charge in [0, 0.05) is 56.1 Å². The number of aromatic nitrogens is 2. The fourth-order valence-corrected chi connectivity index (χ4v) is 6.04. The molecule has 0 unspecified atom stereocenters. The van der Waals surface area contributed by atoms with Crippen LogP contribution in [0, 0.1) is 5.82 Å². The number of thiophene rings is 1. The van der Waals surface area contributed by atoms with E-state index in [1.54, 1.807) is 36.7 Å². The highest BCUT2D eigenvalue weighted by Gasteiger charge is 2.34. The molecule has 2 aromatic carbocycles. The van der Waals surface area contributed by atoms with E-state index in [4.69, 9.17) is 9.47 Å². The maximum absolute atomic E-state index is 15.2. The van der Waals surface area contributed by atoms with Crippen molar-refractivity contribution in [1.82, 2.24) is 19.8 Å². The maximum atomic E-state index is 15.2. The minimum absolute atomic E-state index is 0.0584. The number of rotatable bonds is 10. The van der Waals surface area contributed by atoms with E-state index >= 15 is 4.39 Å². The molecule has 1 aliphatic heterocycles. The molecule has 1 saturated heterocycles. The van der Waals surface area contributed by atoms with Gasteiger partial charge in [-0.15, -0.1) is 11.3 Å². The number of methoxy groups -OCH3 is 1. The first-order valence-electron chi connectivity index (χ1n) is 14.5. The van der Waals surface area contributed by atoms with Crippen LogP contribution in [0.1, 0.15) is 5.56 Å². The van der Waals surface area contributed by atoms with Gasteiger partial charge in [-0.1, -0.05) is 24.3 Å². The van der Waals surface area contributed by atoms with Gasteiger partial charge in [0.25, 0.3) is 0 Å². The summed E-state index contributed by atoms with van der Waals surface area (Å²) in [5.41, 5.74) is 2.89. The number of carbonyl (C=O) groups is 3. The third kappa shape index (κ3) is 6.98. The third-order valence-corrected chi connectivity index (χ3v) is 8.55. The molecule has 5 aromatic rings. The van der Waals surface area contributed by atoms with Crippen molar-refractivity contribution in [2.75, 3.05) is 43.6 Å². The molecule has 3 aromatic heterocycles. The van der Waals surface area contributed by atoms with Crippen LogP contribution >= 0.6 is 11.3 Å². The van der Waals surface area contributed by atoms with Gasteiger partial charge in [-0.05, 0) is 42.0 Å². The number of nitrogens with one attached hydrogen (secondary N) is 1. The van der Waals surface area contributed by atoms with E-state index in [9.17, 15) is 19.5 Å². The zero-order valence-electron chi connectivity index (χ0n) is 25.1. The number of benzene rings is 2. The molecule has 240 valence electrons. The van der Waals surface area contributed by atoms with Crippen LogP contribution in [0.2, 0.25) is 0 Å². The first kappa shape index (κ1) is 31.4. The molecule has 0 bridgehead atoms. The molecule has 14 heteroatoms. The van der Waals surface area contributed by atoms with Crippen LogP contribution in [-0.4, -0.2) is 76.4 Å². The summed E-state index contributed by atoms with van der Waals surface area (Å²) in [7, 11) is 1.52. The van der Waals surface area contributed by atoms with Crippen molar-refractivity contribution in [3.05, 3.63) is 96.6 Å². The van der Waals surface area contributed by atoms with Crippen molar-refractivity contribution < 1.29 is 33.4 Å². The Morgan fingerprint density at radius 2 is 1.87 bits per heavy atom. The second-order valence-electron chi connectivity index (χ2n) is 10.5. The Bertz CT molecular complexity index is 1920. The summed E-state index contributed by atoms with van der Waals surface area (Å²) >= 11 is 1.37. The molecule has 47 heavy (non-hydrogen) atoms. The number of urea groups is 2. The highest BCUT2D eigenvalue weighted by atomic mass is 32.1. The van der Waals surface area contributed by atoms with Crippen LogP contribution in [0.5, 0.6) is 11.5 Å². The normalized spacial score (nSPS) is 12.9. The van der Waals surface area contributed by atoms with Gasteiger partial charge in [0.1, 0.15) is 5.75 Å². The molecule has 0 spiro atoms. The fourth-order valence-electron chi connectivity index (χ4n) is 4.99. The van der Waals surface area contributed by atoms with E-state index in [-0.39, 0.29) is 37.7 Å². The summed E-state index contributed by atoms with van der Waals surface area (Å²) in [5, 5.41) is 12.0. The van der Waals surface area contributed by atoms with E-state index in [2.05, 4.69) is 15.3 Å². The molecule has 1 aliphatic rings. The van der Waals surface area contributed by atoms with Gasteiger partial charge in [-0.25, -0.2) is 23.7 Å². The first-order valence-corrected chi connectivity index (χ1v) is 15.4. The monoisotopic (exact) mass is 656 g/mol. The maximum Gasteiger partial charge on any atom is 0.407 e.